The summed E-state index contributed by atoms with van der Waals surface area (Å²) in [7, 11) is 0. The molecule has 0 saturated carbocycles. The van der Waals surface area contributed by atoms with Crippen molar-refractivity contribution in [3.63, 3.8) is 0 Å². The zero-order valence-corrected chi connectivity index (χ0v) is 15.5. The minimum absolute atomic E-state index is 0.204. The topological polar surface area (TPSA) is 67.4 Å². The van der Waals surface area contributed by atoms with Crippen LogP contribution in [0.4, 0.5) is 0 Å². The average molecular weight is 412 g/mol. The lowest BCUT2D eigenvalue weighted by molar-refractivity contribution is -0.123. The highest BCUT2D eigenvalue weighted by Gasteiger charge is 2.10. The van der Waals surface area contributed by atoms with Crippen molar-refractivity contribution in [2.75, 3.05) is 6.61 Å². The molecule has 2 aromatic carbocycles. The summed E-state index contributed by atoms with van der Waals surface area (Å²) in [5.74, 6) is -0.243. The second kappa shape index (κ2) is 8.17. The first-order valence-corrected chi connectivity index (χ1v) is 8.28. The van der Waals surface area contributed by atoms with Crippen LogP contribution in [0.3, 0.4) is 0 Å². The Morgan fingerprint density at radius 2 is 1.67 bits per heavy atom. The van der Waals surface area contributed by atoms with Crippen LogP contribution in [-0.4, -0.2) is 18.4 Å². The van der Waals surface area contributed by atoms with E-state index < -0.39 is 11.8 Å². The zero-order chi connectivity index (χ0) is 17.7. The number of nitrogens with one attached hydrogen (secondary N) is 2. The third kappa shape index (κ3) is 4.97. The molecule has 126 valence electrons. The number of rotatable bonds is 4. The van der Waals surface area contributed by atoms with Gasteiger partial charge in [0.2, 0.25) is 0 Å². The van der Waals surface area contributed by atoms with E-state index in [9.17, 15) is 9.59 Å². The largest absolute Gasteiger partial charge is 0.483 e. The molecule has 5 nitrogen and oxygen atoms in total. The molecule has 0 heterocycles. The fourth-order valence-corrected chi connectivity index (χ4v) is 2.91. The molecular formula is C17H16BrClN2O3. The van der Waals surface area contributed by atoms with Gasteiger partial charge in [-0.3, -0.25) is 20.4 Å². The summed E-state index contributed by atoms with van der Waals surface area (Å²) in [6, 6.07) is 10.1. The van der Waals surface area contributed by atoms with E-state index in [1.807, 2.05) is 26.0 Å². The van der Waals surface area contributed by atoms with Crippen LogP contribution < -0.4 is 15.6 Å². The molecule has 0 atom stereocenters. The lowest BCUT2D eigenvalue weighted by atomic mass is 10.1. The molecule has 0 unspecified atom stereocenters. The predicted molar refractivity (Wildman–Crippen MR) is 96.2 cm³/mol. The van der Waals surface area contributed by atoms with Crippen LogP contribution in [0, 0.1) is 13.8 Å². The minimum Gasteiger partial charge on any atom is -0.483 e. The zero-order valence-electron chi connectivity index (χ0n) is 13.2. The van der Waals surface area contributed by atoms with E-state index in [4.69, 9.17) is 16.3 Å². The number of ether oxygens (including phenoxy) is 1. The number of carbonyl (C=O) groups excluding carboxylic acids is 2. The molecule has 2 amide bonds. The molecule has 7 heteroatoms. The molecule has 2 aromatic rings. The number of hydrazine groups is 1. The van der Waals surface area contributed by atoms with E-state index in [0.717, 1.165) is 15.6 Å². The Kier molecular flexibility index (Phi) is 6.23. The fraction of sp³-hybridized carbons (Fsp3) is 0.176. The van der Waals surface area contributed by atoms with Crippen molar-refractivity contribution in [2.24, 2.45) is 0 Å². The highest BCUT2D eigenvalue weighted by atomic mass is 79.9. The highest BCUT2D eigenvalue weighted by molar-refractivity contribution is 9.10. The van der Waals surface area contributed by atoms with Crippen LogP contribution in [0.15, 0.2) is 40.9 Å². The van der Waals surface area contributed by atoms with Gasteiger partial charge in [0.15, 0.2) is 6.61 Å². The molecule has 0 aromatic heterocycles. The van der Waals surface area contributed by atoms with E-state index in [-0.39, 0.29) is 6.61 Å². The van der Waals surface area contributed by atoms with Gasteiger partial charge in [-0.2, -0.15) is 0 Å². The van der Waals surface area contributed by atoms with Gasteiger partial charge in [-0.05, 0) is 61.4 Å². The van der Waals surface area contributed by atoms with Gasteiger partial charge in [-0.25, -0.2) is 0 Å². The fourth-order valence-electron chi connectivity index (χ4n) is 2.10. The molecule has 0 saturated heterocycles. The summed E-state index contributed by atoms with van der Waals surface area (Å²) < 4.78 is 6.49. The van der Waals surface area contributed by atoms with Crippen LogP contribution in [0.1, 0.15) is 21.5 Å². The Morgan fingerprint density at radius 3 is 2.25 bits per heavy atom. The van der Waals surface area contributed by atoms with Crippen molar-refractivity contribution in [1.29, 1.82) is 0 Å². The van der Waals surface area contributed by atoms with Gasteiger partial charge in [-0.1, -0.05) is 27.5 Å². The quantitative estimate of drug-likeness (QED) is 0.756. The highest BCUT2D eigenvalue weighted by Crippen LogP contribution is 2.27. The molecule has 2 rings (SSSR count). The summed E-state index contributed by atoms with van der Waals surface area (Å²) in [5.41, 5.74) is 6.86. The second-order valence-corrected chi connectivity index (χ2v) is 6.52. The molecule has 2 N–H and O–H groups in total. The van der Waals surface area contributed by atoms with E-state index in [1.54, 1.807) is 24.3 Å². The van der Waals surface area contributed by atoms with Crippen molar-refractivity contribution in [1.82, 2.24) is 10.9 Å². The smallest absolute Gasteiger partial charge is 0.276 e. The van der Waals surface area contributed by atoms with Crippen molar-refractivity contribution < 1.29 is 14.3 Å². The number of hydrogen-bond donors (Lipinski definition) is 2. The molecule has 0 aliphatic heterocycles. The maximum Gasteiger partial charge on any atom is 0.276 e. The van der Waals surface area contributed by atoms with Gasteiger partial charge in [-0.15, -0.1) is 0 Å². The van der Waals surface area contributed by atoms with E-state index in [2.05, 4.69) is 26.8 Å². The van der Waals surface area contributed by atoms with Gasteiger partial charge in [0.05, 0.1) is 0 Å². The lowest BCUT2D eigenvalue weighted by Gasteiger charge is -2.13. The van der Waals surface area contributed by atoms with Crippen molar-refractivity contribution in [3.8, 4) is 5.75 Å². The van der Waals surface area contributed by atoms with Gasteiger partial charge in [0, 0.05) is 15.1 Å². The summed E-state index contributed by atoms with van der Waals surface area (Å²) in [6.45, 7) is 3.59. The van der Waals surface area contributed by atoms with E-state index in [1.165, 1.54) is 0 Å². The van der Waals surface area contributed by atoms with Gasteiger partial charge in [0.25, 0.3) is 11.8 Å². The Balaban J connectivity index is 1.86. The van der Waals surface area contributed by atoms with Crippen molar-refractivity contribution in [3.05, 3.63) is 62.6 Å². The maximum atomic E-state index is 11.9. The second-order valence-electron chi connectivity index (χ2n) is 5.17. The first-order chi connectivity index (χ1) is 11.4. The molecule has 0 aliphatic carbocycles. The monoisotopic (exact) mass is 410 g/mol. The van der Waals surface area contributed by atoms with Crippen LogP contribution in [0.5, 0.6) is 5.75 Å². The third-order valence-electron chi connectivity index (χ3n) is 3.19. The molecule has 0 fully saturated rings. The minimum atomic E-state index is -0.459. The first-order valence-electron chi connectivity index (χ1n) is 7.11. The number of carbonyl (C=O) groups is 2. The third-order valence-corrected chi connectivity index (χ3v) is 3.90. The SMILES string of the molecule is Cc1cc(Br)cc(C)c1OCC(=O)NNC(=O)c1ccc(Cl)cc1. The molecule has 0 bridgehead atoms. The van der Waals surface area contributed by atoms with Gasteiger partial charge >= 0.3 is 0 Å². The van der Waals surface area contributed by atoms with Crippen LogP contribution in [-0.2, 0) is 4.79 Å². The summed E-state index contributed by atoms with van der Waals surface area (Å²) in [6.07, 6.45) is 0. The Labute approximate surface area is 153 Å². The summed E-state index contributed by atoms with van der Waals surface area (Å²) >= 11 is 9.16. The lowest BCUT2D eigenvalue weighted by Crippen LogP contribution is -2.43. The molecule has 0 spiro atoms. The van der Waals surface area contributed by atoms with E-state index >= 15 is 0 Å². The number of benzene rings is 2. The first kappa shape index (κ1) is 18.3. The van der Waals surface area contributed by atoms with Gasteiger partial charge in [0.1, 0.15) is 5.75 Å². The van der Waals surface area contributed by atoms with Crippen molar-refractivity contribution in [2.45, 2.75) is 13.8 Å². The average Bonchev–Trinajstić information content (AvgIpc) is 2.52. The molecular weight excluding hydrogens is 396 g/mol. The summed E-state index contributed by atoms with van der Waals surface area (Å²) in [5, 5.41) is 0.532. The standard InChI is InChI=1S/C17H16BrClN2O3/c1-10-7-13(18)8-11(2)16(10)24-9-15(22)20-21-17(23)12-3-5-14(19)6-4-12/h3-8H,9H2,1-2H3,(H,20,22)(H,21,23). The number of aryl methyl sites for hydroxylation is 2. The van der Waals surface area contributed by atoms with Gasteiger partial charge < -0.3 is 4.74 Å². The summed E-state index contributed by atoms with van der Waals surface area (Å²) in [4.78, 5) is 23.7. The molecule has 24 heavy (non-hydrogen) atoms. The number of amides is 2. The Bertz CT molecular complexity index is 740. The number of halogens is 2. The van der Waals surface area contributed by atoms with Crippen molar-refractivity contribution >= 4 is 39.3 Å². The van der Waals surface area contributed by atoms with Crippen LogP contribution in [0.2, 0.25) is 5.02 Å². The van der Waals surface area contributed by atoms with E-state index in [0.29, 0.717) is 16.3 Å². The number of hydrogen-bond acceptors (Lipinski definition) is 3. The molecule has 0 aliphatic rings. The maximum absolute atomic E-state index is 11.9. The predicted octanol–water partition coefficient (Wildman–Crippen LogP) is 3.56. The Hall–Kier alpha value is -2.05. The molecule has 0 radical (unpaired) electrons. The Morgan fingerprint density at radius 1 is 1.08 bits per heavy atom. The van der Waals surface area contributed by atoms with Crippen LogP contribution >= 0.6 is 27.5 Å². The normalized spacial score (nSPS) is 10.2. The van der Waals surface area contributed by atoms with Crippen LogP contribution in [0.25, 0.3) is 0 Å².